The highest BCUT2D eigenvalue weighted by molar-refractivity contribution is 5.64. The van der Waals surface area contributed by atoms with Crippen molar-refractivity contribution in [3.05, 3.63) is 25.7 Å². The lowest BCUT2D eigenvalue weighted by Crippen LogP contribution is -2.11. The van der Waals surface area contributed by atoms with Gasteiger partial charge in [0.1, 0.15) is 13.2 Å². The van der Waals surface area contributed by atoms with Gasteiger partial charge in [-0.05, 0) is 6.92 Å². The van der Waals surface area contributed by atoms with Gasteiger partial charge in [0.25, 0.3) is 0 Å². The van der Waals surface area contributed by atoms with E-state index in [1.54, 1.807) is 6.92 Å². The van der Waals surface area contributed by atoms with Crippen molar-refractivity contribution in [3.8, 4) is 0 Å². The summed E-state index contributed by atoms with van der Waals surface area (Å²) in [6, 6.07) is 0. The van der Waals surface area contributed by atoms with E-state index < -0.39 is 6.09 Å². The molecule has 2 N–H and O–H groups in total. The van der Waals surface area contributed by atoms with Crippen molar-refractivity contribution < 1.29 is 28.5 Å². The summed E-state index contributed by atoms with van der Waals surface area (Å²) in [6.07, 6.45) is 2.08. The number of hydrogen-bond donors (Lipinski definition) is 1. The van der Waals surface area contributed by atoms with Gasteiger partial charge in [0.15, 0.2) is 0 Å². The highest BCUT2D eigenvalue weighted by Gasteiger charge is 1.89. The molecule has 0 aromatic heterocycles. The Morgan fingerprint density at radius 3 is 1.60 bits per heavy atom. The molecule has 0 saturated heterocycles. The van der Waals surface area contributed by atoms with Crippen LogP contribution in [0.25, 0.3) is 0 Å². The number of amides is 1. The van der Waals surface area contributed by atoms with Gasteiger partial charge in [-0.1, -0.05) is 13.2 Å². The van der Waals surface area contributed by atoms with Crippen molar-refractivity contribution in [2.75, 3.05) is 46.2 Å². The lowest BCUT2D eigenvalue weighted by Gasteiger charge is -2.05. The Labute approximate surface area is 120 Å². The van der Waals surface area contributed by atoms with Gasteiger partial charge in [0, 0.05) is 0 Å². The Kier molecular flexibility index (Phi) is 20.2. The largest absolute Gasteiger partial charge is 0.499 e. The van der Waals surface area contributed by atoms with Crippen molar-refractivity contribution in [3.63, 3.8) is 0 Å². The Bertz CT molecular complexity index is 219. The third-order valence-electron chi connectivity index (χ3n) is 1.59. The van der Waals surface area contributed by atoms with Crippen molar-refractivity contribution in [1.82, 2.24) is 0 Å². The van der Waals surface area contributed by atoms with Gasteiger partial charge in [0.2, 0.25) is 0 Å². The van der Waals surface area contributed by atoms with Crippen LogP contribution in [0.3, 0.4) is 0 Å². The molecule has 0 aliphatic heterocycles. The number of carbonyl (C=O) groups excluding carboxylic acids is 1. The van der Waals surface area contributed by atoms with Crippen LogP contribution < -0.4 is 5.73 Å². The fourth-order valence-corrected chi connectivity index (χ4v) is 0.845. The Hall–Kier alpha value is -1.73. The monoisotopic (exact) mass is 291 g/mol. The first-order valence-corrected chi connectivity index (χ1v) is 6.21. The quantitative estimate of drug-likeness (QED) is 0.432. The summed E-state index contributed by atoms with van der Waals surface area (Å²) in [7, 11) is 0. The van der Waals surface area contributed by atoms with E-state index in [9.17, 15) is 4.79 Å². The summed E-state index contributed by atoms with van der Waals surface area (Å²) in [5, 5.41) is 0. The van der Waals surface area contributed by atoms with Crippen LogP contribution in [0.5, 0.6) is 0 Å². The second kappa shape index (κ2) is 19.6. The molecular formula is C13H25NO6. The van der Waals surface area contributed by atoms with Crippen molar-refractivity contribution >= 4 is 6.09 Å². The Morgan fingerprint density at radius 1 is 0.950 bits per heavy atom. The minimum absolute atomic E-state index is 0.356. The molecule has 0 radical (unpaired) electrons. The molecular weight excluding hydrogens is 266 g/mol. The summed E-state index contributed by atoms with van der Waals surface area (Å²) in [5.74, 6) is 0. The van der Waals surface area contributed by atoms with Crippen molar-refractivity contribution in [2.24, 2.45) is 5.73 Å². The fourth-order valence-electron chi connectivity index (χ4n) is 0.845. The average molecular weight is 291 g/mol. The van der Waals surface area contributed by atoms with Crippen LogP contribution in [0.1, 0.15) is 6.92 Å². The molecule has 0 aliphatic rings. The van der Waals surface area contributed by atoms with Crippen LogP contribution in [0.4, 0.5) is 4.79 Å². The second-order valence-electron chi connectivity index (χ2n) is 3.05. The van der Waals surface area contributed by atoms with Gasteiger partial charge in [-0.25, -0.2) is 4.79 Å². The molecule has 0 atom stereocenters. The lowest BCUT2D eigenvalue weighted by molar-refractivity contribution is 0.0186. The maximum Gasteiger partial charge on any atom is 0.404 e. The van der Waals surface area contributed by atoms with E-state index in [0.29, 0.717) is 46.2 Å². The zero-order valence-corrected chi connectivity index (χ0v) is 12.0. The molecule has 0 bridgehead atoms. The van der Waals surface area contributed by atoms with Crippen molar-refractivity contribution in [1.29, 1.82) is 0 Å². The molecule has 0 aliphatic carbocycles. The van der Waals surface area contributed by atoms with Crippen LogP contribution in [0.2, 0.25) is 0 Å². The molecule has 0 aromatic rings. The van der Waals surface area contributed by atoms with Gasteiger partial charge < -0.3 is 29.4 Å². The van der Waals surface area contributed by atoms with E-state index in [1.807, 2.05) is 0 Å². The number of primary amides is 1. The first-order chi connectivity index (χ1) is 9.68. The highest BCUT2D eigenvalue weighted by atomic mass is 16.6. The number of rotatable bonds is 12. The molecule has 7 nitrogen and oxygen atoms in total. The third kappa shape index (κ3) is 25.2. The molecule has 0 spiro atoms. The highest BCUT2D eigenvalue weighted by Crippen LogP contribution is 1.82. The third-order valence-corrected chi connectivity index (χ3v) is 1.59. The molecule has 0 unspecified atom stereocenters. The summed E-state index contributed by atoms with van der Waals surface area (Å²) >= 11 is 0. The molecule has 0 heterocycles. The van der Waals surface area contributed by atoms with Gasteiger partial charge in [-0.15, -0.1) is 0 Å². The fraction of sp³-hybridized carbons (Fsp3) is 0.615. The summed E-state index contributed by atoms with van der Waals surface area (Å²) in [5.41, 5.74) is 4.54. The van der Waals surface area contributed by atoms with E-state index in [-0.39, 0.29) is 0 Å². The smallest absolute Gasteiger partial charge is 0.404 e. The van der Waals surface area contributed by atoms with E-state index >= 15 is 0 Å². The van der Waals surface area contributed by atoms with Gasteiger partial charge >= 0.3 is 6.09 Å². The van der Waals surface area contributed by atoms with Crippen LogP contribution >= 0.6 is 0 Å². The first-order valence-electron chi connectivity index (χ1n) is 6.21. The summed E-state index contributed by atoms with van der Waals surface area (Å²) < 4.78 is 24.3. The van der Waals surface area contributed by atoms with Gasteiger partial charge in [-0.2, -0.15) is 0 Å². The second-order valence-corrected chi connectivity index (χ2v) is 3.05. The van der Waals surface area contributed by atoms with E-state index in [2.05, 4.69) is 23.6 Å². The van der Waals surface area contributed by atoms with E-state index in [4.69, 9.17) is 18.9 Å². The Morgan fingerprint density at radius 2 is 1.35 bits per heavy atom. The van der Waals surface area contributed by atoms with Crippen LogP contribution in [0, 0.1) is 0 Å². The average Bonchev–Trinajstić information content (AvgIpc) is 2.41. The van der Waals surface area contributed by atoms with E-state index in [1.165, 1.54) is 12.5 Å². The number of hydrogen-bond acceptors (Lipinski definition) is 6. The van der Waals surface area contributed by atoms with E-state index in [0.717, 1.165) is 0 Å². The van der Waals surface area contributed by atoms with Gasteiger partial charge in [-0.3, -0.25) is 0 Å². The van der Waals surface area contributed by atoms with Gasteiger partial charge in [0.05, 0.1) is 45.6 Å². The van der Waals surface area contributed by atoms with Crippen LogP contribution in [0.15, 0.2) is 25.7 Å². The van der Waals surface area contributed by atoms with Crippen molar-refractivity contribution in [2.45, 2.75) is 6.92 Å². The summed E-state index contributed by atoms with van der Waals surface area (Å²) in [4.78, 5) is 9.60. The molecule has 0 aromatic carbocycles. The predicted octanol–water partition coefficient (Wildman–Crippen LogP) is 1.44. The molecule has 20 heavy (non-hydrogen) atoms. The van der Waals surface area contributed by atoms with Crippen LogP contribution in [-0.4, -0.2) is 52.3 Å². The van der Waals surface area contributed by atoms with Crippen LogP contribution in [-0.2, 0) is 23.7 Å². The normalized spacial score (nSPS) is 8.85. The maximum atomic E-state index is 9.60. The molecule has 0 rings (SSSR count). The first kappa shape index (κ1) is 20.6. The molecule has 0 fully saturated rings. The number of carbonyl (C=O) groups is 1. The molecule has 1 amide bonds. The maximum absolute atomic E-state index is 9.60. The SMILES string of the molecule is C=COCCOCCOCCOC=C.CCOC(N)=O. The minimum Gasteiger partial charge on any atom is -0.499 e. The number of ether oxygens (including phenoxy) is 5. The molecule has 118 valence electrons. The minimum atomic E-state index is -0.711. The Balaban J connectivity index is 0. The summed E-state index contributed by atoms with van der Waals surface area (Å²) in [6.45, 7) is 12.2. The predicted molar refractivity (Wildman–Crippen MR) is 75.1 cm³/mol. The lowest BCUT2D eigenvalue weighted by atomic mass is 10.7. The number of nitrogens with two attached hydrogens (primary N) is 1. The standard InChI is InChI=1S/C10H18O4.C3H7NO2/c1-3-11-5-7-13-9-10-14-8-6-12-4-2;1-2-6-3(4)5/h3-4H,1-2,5-10H2;2H2,1H3,(H2,4,5). The zero-order valence-electron chi connectivity index (χ0n) is 12.0. The topological polar surface area (TPSA) is 89.2 Å². The molecule has 7 heteroatoms. The molecule has 0 saturated carbocycles. The zero-order chi connectivity index (χ0) is 15.5.